The highest BCUT2D eigenvalue weighted by atomic mass is 16.6. The van der Waals surface area contributed by atoms with Crippen LogP contribution in [0, 0.1) is 0 Å². The van der Waals surface area contributed by atoms with Crippen molar-refractivity contribution >= 4 is 11.9 Å². The van der Waals surface area contributed by atoms with Crippen molar-refractivity contribution in [1.29, 1.82) is 0 Å². The lowest BCUT2D eigenvalue weighted by Crippen LogP contribution is -2.39. The molecule has 0 aromatic rings. The number of likely N-dealkylation sites (tertiary alicyclic amines) is 1. The van der Waals surface area contributed by atoms with E-state index in [9.17, 15) is 9.59 Å². The number of esters is 1. The molecule has 1 fully saturated rings. The van der Waals surface area contributed by atoms with Crippen LogP contribution in [0.1, 0.15) is 27.2 Å². The van der Waals surface area contributed by atoms with Gasteiger partial charge in [0.2, 0.25) is 5.91 Å². The molecule has 5 nitrogen and oxygen atoms in total. The first kappa shape index (κ1) is 12.0. The lowest BCUT2D eigenvalue weighted by molar-refractivity contribution is -0.158. The second-order valence-corrected chi connectivity index (χ2v) is 4.74. The van der Waals surface area contributed by atoms with E-state index in [2.05, 4.69) is 0 Å². The molecule has 5 heteroatoms. The highest BCUT2D eigenvalue weighted by molar-refractivity contribution is 5.87. The zero-order valence-corrected chi connectivity index (χ0v) is 9.45. The highest BCUT2D eigenvalue weighted by Gasteiger charge is 2.30. The molecular weight excluding hydrogens is 196 g/mol. The average Bonchev–Trinajstić information content (AvgIpc) is 2.32. The van der Waals surface area contributed by atoms with Crippen LogP contribution in [0.15, 0.2) is 0 Å². The molecule has 1 saturated heterocycles. The fourth-order valence-electron chi connectivity index (χ4n) is 1.45. The van der Waals surface area contributed by atoms with Crippen LogP contribution in [-0.4, -0.2) is 41.5 Å². The molecule has 1 aliphatic rings. The number of nitrogens with zero attached hydrogens (tertiary/aromatic N) is 1. The Labute approximate surface area is 89.6 Å². The van der Waals surface area contributed by atoms with Crippen molar-refractivity contribution < 1.29 is 14.3 Å². The van der Waals surface area contributed by atoms with Crippen molar-refractivity contribution in [2.24, 2.45) is 5.73 Å². The number of carbonyl (C=O) groups is 2. The Morgan fingerprint density at radius 3 is 2.60 bits per heavy atom. The van der Waals surface area contributed by atoms with Crippen molar-refractivity contribution in [2.45, 2.75) is 38.8 Å². The second kappa shape index (κ2) is 4.18. The van der Waals surface area contributed by atoms with Gasteiger partial charge in [-0.25, -0.2) is 0 Å². The number of hydrogen-bond donors (Lipinski definition) is 1. The molecule has 0 aliphatic carbocycles. The van der Waals surface area contributed by atoms with E-state index in [0.29, 0.717) is 13.0 Å². The lowest BCUT2D eigenvalue weighted by atomic mass is 10.2. The van der Waals surface area contributed by atoms with Crippen LogP contribution in [0.2, 0.25) is 0 Å². The number of amides is 1. The molecule has 1 rings (SSSR count). The smallest absolute Gasteiger partial charge is 0.326 e. The minimum absolute atomic E-state index is 0.00377. The van der Waals surface area contributed by atoms with Crippen molar-refractivity contribution in [3.05, 3.63) is 0 Å². The first-order chi connectivity index (χ1) is 6.79. The summed E-state index contributed by atoms with van der Waals surface area (Å²) >= 11 is 0. The van der Waals surface area contributed by atoms with Gasteiger partial charge in [0.25, 0.3) is 0 Å². The topological polar surface area (TPSA) is 72.6 Å². The molecule has 1 aliphatic heterocycles. The van der Waals surface area contributed by atoms with Gasteiger partial charge in [-0.1, -0.05) is 0 Å². The third-order valence-corrected chi connectivity index (χ3v) is 2.08. The van der Waals surface area contributed by atoms with Gasteiger partial charge in [-0.05, 0) is 27.2 Å². The maximum absolute atomic E-state index is 11.4. The quantitative estimate of drug-likeness (QED) is 0.651. The van der Waals surface area contributed by atoms with Gasteiger partial charge in [-0.3, -0.25) is 9.59 Å². The van der Waals surface area contributed by atoms with Crippen LogP contribution in [0.5, 0.6) is 0 Å². The maximum Gasteiger partial charge on any atom is 0.326 e. The van der Waals surface area contributed by atoms with Crippen molar-refractivity contribution in [3.63, 3.8) is 0 Å². The molecule has 86 valence electrons. The molecular formula is C10H18N2O3. The van der Waals surface area contributed by atoms with Gasteiger partial charge in [0.05, 0.1) is 6.04 Å². The largest absolute Gasteiger partial charge is 0.459 e. The van der Waals surface area contributed by atoms with Crippen molar-refractivity contribution in [3.8, 4) is 0 Å². The Bertz CT molecular complexity index is 270. The number of nitrogens with two attached hydrogens (primary N) is 1. The summed E-state index contributed by atoms with van der Waals surface area (Å²) in [5, 5.41) is 0. The third kappa shape index (κ3) is 3.51. The normalized spacial score (nSPS) is 22.0. The van der Waals surface area contributed by atoms with Crippen LogP contribution in [-0.2, 0) is 14.3 Å². The molecule has 0 saturated carbocycles. The van der Waals surface area contributed by atoms with E-state index in [0.717, 1.165) is 0 Å². The van der Waals surface area contributed by atoms with E-state index < -0.39 is 11.6 Å². The zero-order chi connectivity index (χ0) is 11.6. The molecule has 1 heterocycles. The number of ether oxygens (including phenoxy) is 1. The van der Waals surface area contributed by atoms with Gasteiger partial charge in [-0.2, -0.15) is 0 Å². The monoisotopic (exact) mass is 214 g/mol. The molecule has 1 unspecified atom stereocenters. The Hall–Kier alpha value is -1.10. The van der Waals surface area contributed by atoms with Gasteiger partial charge < -0.3 is 15.4 Å². The molecule has 0 aromatic carbocycles. The van der Waals surface area contributed by atoms with Gasteiger partial charge in [0, 0.05) is 6.54 Å². The molecule has 2 N–H and O–H groups in total. The van der Waals surface area contributed by atoms with Crippen molar-refractivity contribution in [2.75, 3.05) is 13.1 Å². The fraction of sp³-hybridized carbons (Fsp3) is 0.800. The second-order valence-electron chi connectivity index (χ2n) is 4.74. The van der Waals surface area contributed by atoms with Crippen LogP contribution in [0.4, 0.5) is 0 Å². The molecule has 0 bridgehead atoms. The fourth-order valence-corrected chi connectivity index (χ4v) is 1.45. The summed E-state index contributed by atoms with van der Waals surface area (Å²) < 4.78 is 5.11. The van der Waals surface area contributed by atoms with E-state index in [4.69, 9.17) is 10.5 Å². The molecule has 1 amide bonds. The summed E-state index contributed by atoms with van der Waals surface area (Å²) in [6, 6.07) is -0.451. The summed E-state index contributed by atoms with van der Waals surface area (Å²) in [6.07, 6.45) is 0.613. The molecule has 0 spiro atoms. The van der Waals surface area contributed by atoms with E-state index in [1.165, 1.54) is 4.90 Å². The molecule has 1 atom stereocenters. The predicted octanol–water partition coefficient (Wildman–Crippen LogP) is -0.112. The summed E-state index contributed by atoms with van der Waals surface area (Å²) in [5.41, 5.74) is 5.02. The van der Waals surface area contributed by atoms with Crippen LogP contribution in [0.25, 0.3) is 0 Å². The number of carbonyl (C=O) groups excluding carboxylic acids is 2. The summed E-state index contributed by atoms with van der Waals surface area (Å²) in [4.78, 5) is 24.3. The van der Waals surface area contributed by atoms with E-state index >= 15 is 0 Å². The first-order valence-corrected chi connectivity index (χ1v) is 5.06. The Kier molecular flexibility index (Phi) is 3.34. The van der Waals surface area contributed by atoms with Crippen LogP contribution < -0.4 is 5.73 Å². The number of hydrogen-bond acceptors (Lipinski definition) is 4. The van der Waals surface area contributed by atoms with E-state index in [1.807, 2.05) is 0 Å². The van der Waals surface area contributed by atoms with Crippen LogP contribution in [0.3, 0.4) is 0 Å². The SMILES string of the molecule is CC(C)(C)OC(=O)CN1CCC(N)C1=O. The minimum atomic E-state index is -0.512. The molecule has 15 heavy (non-hydrogen) atoms. The van der Waals surface area contributed by atoms with Gasteiger partial charge in [0.1, 0.15) is 12.1 Å². The van der Waals surface area contributed by atoms with Crippen LogP contribution >= 0.6 is 0 Å². The Balaban J connectivity index is 2.43. The van der Waals surface area contributed by atoms with Gasteiger partial charge >= 0.3 is 5.97 Å². The summed E-state index contributed by atoms with van der Waals surface area (Å²) in [7, 11) is 0. The summed E-state index contributed by atoms with van der Waals surface area (Å²) in [5.74, 6) is -0.550. The third-order valence-electron chi connectivity index (χ3n) is 2.08. The van der Waals surface area contributed by atoms with Gasteiger partial charge in [0.15, 0.2) is 0 Å². The highest BCUT2D eigenvalue weighted by Crippen LogP contribution is 2.11. The van der Waals surface area contributed by atoms with E-state index in [-0.39, 0.29) is 18.4 Å². The Morgan fingerprint density at radius 2 is 2.20 bits per heavy atom. The van der Waals surface area contributed by atoms with Gasteiger partial charge in [-0.15, -0.1) is 0 Å². The molecule has 0 aromatic heterocycles. The predicted molar refractivity (Wildman–Crippen MR) is 55.0 cm³/mol. The average molecular weight is 214 g/mol. The van der Waals surface area contributed by atoms with Crippen molar-refractivity contribution in [1.82, 2.24) is 4.90 Å². The minimum Gasteiger partial charge on any atom is -0.459 e. The molecule has 0 radical (unpaired) electrons. The summed E-state index contributed by atoms with van der Waals surface area (Å²) in [6.45, 7) is 5.93. The standard InChI is InChI=1S/C10H18N2O3/c1-10(2,3)15-8(13)6-12-5-4-7(11)9(12)14/h7H,4-6,11H2,1-3H3. The zero-order valence-electron chi connectivity index (χ0n) is 9.45. The number of rotatable bonds is 2. The first-order valence-electron chi connectivity index (χ1n) is 5.06. The lowest BCUT2D eigenvalue weighted by Gasteiger charge is -2.22. The maximum atomic E-state index is 11.4. The van der Waals surface area contributed by atoms with E-state index in [1.54, 1.807) is 20.8 Å². The Morgan fingerprint density at radius 1 is 1.60 bits per heavy atom.